The number of non-ortho nitro benzene ring substituents is 1. The van der Waals surface area contributed by atoms with Crippen molar-refractivity contribution in [1.29, 1.82) is 0 Å². The third-order valence-electron chi connectivity index (χ3n) is 3.10. The van der Waals surface area contributed by atoms with Gasteiger partial charge < -0.3 is 5.32 Å². The van der Waals surface area contributed by atoms with Crippen LogP contribution in [0.1, 0.15) is 5.56 Å². The summed E-state index contributed by atoms with van der Waals surface area (Å²) in [7, 11) is 1.81. The van der Waals surface area contributed by atoms with Gasteiger partial charge in [0.2, 0.25) is 5.91 Å². The smallest absolute Gasteiger partial charge is 0.271 e. The van der Waals surface area contributed by atoms with E-state index >= 15 is 0 Å². The Labute approximate surface area is 138 Å². The Balaban J connectivity index is 1.91. The minimum Gasteiger partial charge on any atom is -0.325 e. The van der Waals surface area contributed by atoms with Gasteiger partial charge in [0.05, 0.1) is 11.5 Å². The number of amides is 1. The van der Waals surface area contributed by atoms with Crippen LogP contribution in [-0.4, -0.2) is 29.3 Å². The lowest BCUT2D eigenvalue weighted by molar-refractivity contribution is -0.384. The van der Waals surface area contributed by atoms with E-state index in [9.17, 15) is 14.9 Å². The van der Waals surface area contributed by atoms with Gasteiger partial charge in [0, 0.05) is 29.4 Å². The molecule has 0 atom stereocenters. The molecule has 0 unspecified atom stereocenters. The molecule has 2 aromatic carbocycles. The second kappa shape index (κ2) is 7.71. The zero-order valence-corrected chi connectivity index (χ0v) is 13.3. The molecule has 2 aromatic rings. The molecule has 23 heavy (non-hydrogen) atoms. The number of hydrogen-bond donors (Lipinski definition) is 1. The minimum absolute atomic E-state index is 0.0601. The Morgan fingerprint density at radius 3 is 2.70 bits per heavy atom. The van der Waals surface area contributed by atoms with Gasteiger partial charge in [-0.3, -0.25) is 19.8 Å². The molecular formula is C16H16ClN3O3. The van der Waals surface area contributed by atoms with Crippen LogP contribution in [0.15, 0.2) is 48.5 Å². The molecule has 0 saturated heterocycles. The maximum absolute atomic E-state index is 12.0. The van der Waals surface area contributed by atoms with Gasteiger partial charge in [-0.2, -0.15) is 0 Å². The topological polar surface area (TPSA) is 75.5 Å². The molecule has 0 aliphatic heterocycles. The fourth-order valence-electron chi connectivity index (χ4n) is 2.15. The van der Waals surface area contributed by atoms with Gasteiger partial charge in [-0.1, -0.05) is 29.8 Å². The lowest BCUT2D eigenvalue weighted by Crippen LogP contribution is -2.29. The van der Waals surface area contributed by atoms with E-state index in [-0.39, 0.29) is 18.1 Å². The first-order valence-corrected chi connectivity index (χ1v) is 7.29. The molecule has 0 saturated carbocycles. The summed E-state index contributed by atoms with van der Waals surface area (Å²) in [5.41, 5.74) is 1.35. The summed E-state index contributed by atoms with van der Waals surface area (Å²) in [6.07, 6.45) is 0. The molecule has 0 aromatic heterocycles. The van der Waals surface area contributed by atoms with Gasteiger partial charge in [0.25, 0.3) is 5.69 Å². The van der Waals surface area contributed by atoms with E-state index in [1.165, 1.54) is 18.2 Å². The first kappa shape index (κ1) is 16.9. The number of halogens is 1. The van der Waals surface area contributed by atoms with Crippen LogP contribution in [0.2, 0.25) is 5.02 Å². The number of hydrogen-bond acceptors (Lipinski definition) is 4. The molecular weight excluding hydrogens is 318 g/mol. The Hall–Kier alpha value is -2.44. The van der Waals surface area contributed by atoms with Crippen molar-refractivity contribution in [3.8, 4) is 0 Å². The molecule has 1 amide bonds. The van der Waals surface area contributed by atoms with E-state index in [0.717, 1.165) is 5.56 Å². The monoisotopic (exact) mass is 333 g/mol. The average Bonchev–Trinajstić information content (AvgIpc) is 2.47. The summed E-state index contributed by atoms with van der Waals surface area (Å²) in [5.74, 6) is -0.241. The summed E-state index contributed by atoms with van der Waals surface area (Å²) in [5, 5.41) is 14.0. The van der Waals surface area contributed by atoms with Crippen LogP contribution < -0.4 is 5.32 Å². The van der Waals surface area contributed by atoms with Crippen molar-refractivity contribution in [2.24, 2.45) is 0 Å². The molecule has 120 valence electrons. The highest BCUT2D eigenvalue weighted by molar-refractivity contribution is 6.30. The number of carbonyl (C=O) groups excluding carboxylic acids is 1. The fraction of sp³-hybridized carbons (Fsp3) is 0.188. The first-order chi connectivity index (χ1) is 10.9. The average molecular weight is 334 g/mol. The number of carbonyl (C=O) groups is 1. The number of nitro benzene ring substituents is 1. The molecule has 0 radical (unpaired) electrons. The predicted octanol–water partition coefficient (Wildman–Crippen LogP) is 3.32. The van der Waals surface area contributed by atoms with Crippen molar-refractivity contribution in [2.45, 2.75) is 6.54 Å². The maximum atomic E-state index is 12.0. The summed E-state index contributed by atoms with van der Waals surface area (Å²) in [4.78, 5) is 24.1. The van der Waals surface area contributed by atoms with E-state index in [1.807, 2.05) is 30.1 Å². The molecule has 0 aliphatic rings. The highest BCUT2D eigenvalue weighted by atomic mass is 35.5. The first-order valence-electron chi connectivity index (χ1n) is 6.91. The second-order valence-corrected chi connectivity index (χ2v) is 5.59. The number of likely N-dealkylation sites (N-methyl/N-ethyl adjacent to an activating group) is 1. The molecule has 1 N–H and O–H groups in total. The van der Waals surface area contributed by atoms with Crippen LogP contribution >= 0.6 is 11.6 Å². The molecule has 0 aliphatic carbocycles. The van der Waals surface area contributed by atoms with Crippen LogP contribution in [-0.2, 0) is 11.3 Å². The van der Waals surface area contributed by atoms with Gasteiger partial charge in [-0.15, -0.1) is 0 Å². The Morgan fingerprint density at radius 1 is 1.26 bits per heavy atom. The quantitative estimate of drug-likeness (QED) is 0.650. The van der Waals surface area contributed by atoms with Gasteiger partial charge in [0.1, 0.15) is 0 Å². The standard InChI is InChI=1S/C16H16ClN3O3/c1-19(10-12-4-2-5-13(17)8-12)11-16(21)18-14-6-3-7-15(9-14)20(22)23/h2-9H,10-11H2,1H3,(H,18,21). The normalized spacial score (nSPS) is 10.6. The highest BCUT2D eigenvalue weighted by Gasteiger charge is 2.10. The van der Waals surface area contributed by atoms with Gasteiger partial charge >= 0.3 is 0 Å². The van der Waals surface area contributed by atoms with E-state index in [0.29, 0.717) is 17.3 Å². The molecule has 0 bridgehead atoms. The van der Waals surface area contributed by atoms with Crippen LogP contribution in [0, 0.1) is 10.1 Å². The molecule has 6 nitrogen and oxygen atoms in total. The third-order valence-corrected chi connectivity index (χ3v) is 3.33. The van der Waals surface area contributed by atoms with E-state index in [2.05, 4.69) is 5.32 Å². The lowest BCUT2D eigenvalue weighted by atomic mass is 10.2. The fourth-order valence-corrected chi connectivity index (χ4v) is 2.36. The number of nitro groups is 1. The van der Waals surface area contributed by atoms with Crippen LogP contribution in [0.3, 0.4) is 0 Å². The van der Waals surface area contributed by atoms with Crippen LogP contribution in [0.25, 0.3) is 0 Å². The van der Waals surface area contributed by atoms with Gasteiger partial charge in [-0.05, 0) is 30.8 Å². The SMILES string of the molecule is CN(CC(=O)Nc1cccc([N+](=O)[O-])c1)Cc1cccc(Cl)c1. The van der Waals surface area contributed by atoms with Crippen molar-refractivity contribution in [3.63, 3.8) is 0 Å². The molecule has 7 heteroatoms. The van der Waals surface area contributed by atoms with Crippen LogP contribution in [0.4, 0.5) is 11.4 Å². The molecule has 0 heterocycles. The Morgan fingerprint density at radius 2 is 2.00 bits per heavy atom. The lowest BCUT2D eigenvalue weighted by Gasteiger charge is -2.16. The van der Waals surface area contributed by atoms with E-state index in [1.54, 1.807) is 12.1 Å². The highest BCUT2D eigenvalue weighted by Crippen LogP contribution is 2.17. The van der Waals surface area contributed by atoms with Crippen molar-refractivity contribution in [1.82, 2.24) is 4.90 Å². The van der Waals surface area contributed by atoms with Crippen LogP contribution in [0.5, 0.6) is 0 Å². The number of nitrogens with one attached hydrogen (secondary N) is 1. The van der Waals surface area contributed by atoms with Crippen molar-refractivity contribution < 1.29 is 9.72 Å². The Bertz CT molecular complexity index is 721. The van der Waals surface area contributed by atoms with Gasteiger partial charge in [-0.25, -0.2) is 0 Å². The molecule has 0 spiro atoms. The van der Waals surface area contributed by atoms with Gasteiger partial charge in [0.15, 0.2) is 0 Å². The second-order valence-electron chi connectivity index (χ2n) is 5.16. The van der Waals surface area contributed by atoms with E-state index < -0.39 is 4.92 Å². The predicted molar refractivity (Wildman–Crippen MR) is 89.5 cm³/mol. The summed E-state index contributed by atoms with van der Waals surface area (Å²) < 4.78 is 0. The largest absolute Gasteiger partial charge is 0.325 e. The van der Waals surface area contributed by atoms with Crippen molar-refractivity contribution >= 4 is 28.9 Å². The molecule has 0 fully saturated rings. The number of anilines is 1. The number of nitrogens with zero attached hydrogens (tertiary/aromatic N) is 2. The maximum Gasteiger partial charge on any atom is 0.271 e. The number of rotatable bonds is 6. The summed E-state index contributed by atoms with van der Waals surface area (Å²) >= 11 is 5.93. The minimum atomic E-state index is -0.499. The van der Waals surface area contributed by atoms with E-state index in [4.69, 9.17) is 11.6 Å². The zero-order valence-electron chi connectivity index (χ0n) is 12.5. The zero-order chi connectivity index (χ0) is 16.8. The third kappa shape index (κ3) is 5.36. The number of benzene rings is 2. The summed E-state index contributed by atoms with van der Waals surface area (Å²) in [6.45, 7) is 0.734. The Kier molecular flexibility index (Phi) is 5.67. The van der Waals surface area contributed by atoms with Crippen molar-refractivity contribution in [3.05, 3.63) is 69.2 Å². The molecule has 2 rings (SSSR count). The summed E-state index contributed by atoms with van der Waals surface area (Å²) in [6, 6.07) is 13.3. The van der Waals surface area contributed by atoms with Crippen molar-refractivity contribution in [2.75, 3.05) is 18.9 Å².